The van der Waals surface area contributed by atoms with Crippen molar-refractivity contribution in [2.75, 3.05) is 0 Å². The third kappa shape index (κ3) is 3.27. The van der Waals surface area contributed by atoms with Gasteiger partial charge in [0.2, 0.25) is 0 Å². The number of rotatable bonds is 4. The predicted octanol–water partition coefficient (Wildman–Crippen LogP) is 5.08. The Bertz CT molecular complexity index is 1260. The molecular formula is C24H21N5. The van der Waals surface area contributed by atoms with Gasteiger partial charge in [-0.15, -0.1) is 0 Å². The lowest BCUT2D eigenvalue weighted by Crippen LogP contribution is -2.03. The van der Waals surface area contributed by atoms with E-state index in [2.05, 4.69) is 41.2 Å². The summed E-state index contributed by atoms with van der Waals surface area (Å²) in [5.74, 6) is 0.681. The average Bonchev–Trinajstić information content (AvgIpc) is 3.12. The van der Waals surface area contributed by atoms with Crippen LogP contribution in [0.4, 0.5) is 0 Å². The molecule has 1 atom stereocenters. The minimum Gasteiger partial charge on any atom is -0.272 e. The number of nitrogens with zero attached hydrogens (tertiary/aromatic N) is 5. The fraction of sp³-hybridized carbons (Fsp3) is 0.250. The molecule has 1 aliphatic rings. The molecule has 0 bridgehead atoms. The van der Waals surface area contributed by atoms with E-state index in [1.807, 2.05) is 47.3 Å². The number of nitriles is 1. The quantitative estimate of drug-likeness (QED) is 0.496. The highest BCUT2D eigenvalue weighted by Gasteiger charge is 2.45. The molecule has 142 valence electrons. The van der Waals surface area contributed by atoms with Gasteiger partial charge in [-0.25, -0.2) is 4.98 Å². The molecule has 0 spiro atoms. The monoisotopic (exact) mass is 379 g/mol. The Morgan fingerprint density at radius 2 is 2.03 bits per heavy atom. The maximum Gasteiger partial charge on any atom is 0.141 e. The molecule has 5 heteroatoms. The number of aromatic nitrogens is 4. The van der Waals surface area contributed by atoms with Crippen molar-refractivity contribution in [1.82, 2.24) is 19.7 Å². The second-order valence-electron chi connectivity index (χ2n) is 8.46. The van der Waals surface area contributed by atoms with Gasteiger partial charge in [0.15, 0.2) is 0 Å². The zero-order chi connectivity index (χ0) is 20.0. The fourth-order valence-electron chi connectivity index (χ4n) is 3.90. The number of hydrogen-bond donors (Lipinski definition) is 0. The van der Waals surface area contributed by atoms with Crippen LogP contribution < -0.4 is 0 Å². The molecular weight excluding hydrogens is 358 g/mol. The maximum absolute atomic E-state index is 9.36. The molecule has 1 fully saturated rings. The minimum absolute atomic E-state index is 0.400. The highest BCUT2D eigenvalue weighted by Crippen LogP contribution is 2.52. The molecule has 29 heavy (non-hydrogen) atoms. The standard InChI is InChI=1S/C24H21N5/c1-24(2)11-19(24)15-29-14-18(13-27-29)21-8-7-20(12-25)28-23(21)17-6-5-16-4-3-9-26-22(16)10-17/h3-10,13-14,19H,11,15H2,1-2H3. The fourth-order valence-corrected chi connectivity index (χ4v) is 3.90. The average molecular weight is 379 g/mol. The summed E-state index contributed by atoms with van der Waals surface area (Å²) >= 11 is 0. The van der Waals surface area contributed by atoms with Gasteiger partial charge in [0.1, 0.15) is 11.8 Å². The van der Waals surface area contributed by atoms with Crippen LogP contribution in [0.1, 0.15) is 26.0 Å². The molecule has 0 aliphatic heterocycles. The van der Waals surface area contributed by atoms with Gasteiger partial charge in [0, 0.05) is 41.0 Å². The molecule has 5 rings (SSSR count). The van der Waals surface area contributed by atoms with Crippen molar-refractivity contribution in [1.29, 1.82) is 5.26 Å². The van der Waals surface area contributed by atoms with Crippen LogP contribution >= 0.6 is 0 Å². The first-order valence-corrected chi connectivity index (χ1v) is 9.83. The van der Waals surface area contributed by atoms with Crippen molar-refractivity contribution in [3.8, 4) is 28.5 Å². The maximum atomic E-state index is 9.36. The van der Waals surface area contributed by atoms with Crippen molar-refractivity contribution in [3.05, 3.63) is 66.7 Å². The Balaban J connectivity index is 1.57. The molecule has 0 amide bonds. The highest BCUT2D eigenvalue weighted by molar-refractivity contribution is 5.87. The van der Waals surface area contributed by atoms with Gasteiger partial charge in [-0.3, -0.25) is 9.67 Å². The van der Waals surface area contributed by atoms with Crippen molar-refractivity contribution >= 4 is 10.9 Å². The minimum atomic E-state index is 0.400. The molecule has 4 aromatic rings. The zero-order valence-corrected chi connectivity index (χ0v) is 16.5. The zero-order valence-electron chi connectivity index (χ0n) is 16.5. The lowest BCUT2D eigenvalue weighted by atomic mass is 10.00. The first kappa shape index (κ1) is 17.6. The van der Waals surface area contributed by atoms with Crippen LogP contribution in [0.15, 0.2) is 61.1 Å². The van der Waals surface area contributed by atoms with Gasteiger partial charge in [-0.05, 0) is 42.0 Å². The smallest absolute Gasteiger partial charge is 0.141 e. The Hall–Kier alpha value is -3.52. The molecule has 1 saturated carbocycles. The number of hydrogen-bond acceptors (Lipinski definition) is 4. The van der Waals surface area contributed by atoms with E-state index >= 15 is 0 Å². The Kier molecular flexibility index (Phi) is 3.95. The summed E-state index contributed by atoms with van der Waals surface area (Å²) in [7, 11) is 0. The summed E-state index contributed by atoms with van der Waals surface area (Å²) in [6, 6.07) is 16.0. The lowest BCUT2D eigenvalue weighted by molar-refractivity contribution is 0.472. The second-order valence-corrected chi connectivity index (χ2v) is 8.46. The van der Waals surface area contributed by atoms with Crippen LogP contribution in [0, 0.1) is 22.7 Å². The summed E-state index contributed by atoms with van der Waals surface area (Å²) < 4.78 is 2.03. The van der Waals surface area contributed by atoms with E-state index in [0.29, 0.717) is 17.0 Å². The summed E-state index contributed by atoms with van der Waals surface area (Å²) in [6.07, 6.45) is 7.01. The largest absolute Gasteiger partial charge is 0.272 e. The summed E-state index contributed by atoms with van der Waals surface area (Å²) in [5.41, 5.74) is 5.44. The molecule has 3 heterocycles. The number of pyridine rings is 2. The SMILES string of the molecule is CC1(C)CC1Cn1cc(-c2ccc(C#N)nc2-c2ccc3cccnc3c2)cn1. The van der Waals surface area contributed by atoms with E-state index in [9.17, 15) is 5.26 Å². The number of fused-ring (bicyclic) bond motifs is 1. The summed E-state index contributed by atoms with van der Waals surface area (Å²) in [5, 5.41) is 15.0. The van der Waals surface area contributed by atoms with E-state index in [1.165, 1.54) is 6.42 Å². The lowest BCUT2D eigenvalue weighted by Gasteiger charge is -2.09. The molecule has 0 saturated heterocycles. The molecule has 3 aromatic heterocycles. The van der Waals surface area contributed by atoms with Crippen molar-refractivity contribution in [2.24, 2.45) is 11.3 Å². The topological polar surface area (TPSA) is 67.4 Å². The second kappa shape index (κ2) is 6.52. The molecule has 5 nitrogen and oxygen atoms in total. The van der Waals surface area contributed by atoms with Crippen LogP contribution in [0.2, 0.25) is 0 Å². The third-order valence-corrected chi connectivity index (χ3v) is 5.96. The van der Waals surface area contributed by atoms with Gasteiger partial charge >= 0.3 is 0 Å². The normalized spacial score (nSPS) is 17.2. The van der Waals surface area contributed by atoms with E-state index in [0.717, 1.165) is 39.8 Å². The van der Waals surface area contributed by atoms with Crippen LogP contribution in [0.3, 0.4) is 0 Å². The first-order valence-electron chi connectivity index (χ1n) is 9.83. The number of benzene rings is 1. The van der Waals surface area contributed by atoms with Gasteiger partial charge in [0.25, 0.3) is 0 Å². The van der Waals surface area contributed by atoms with Gasteiger partial charge in [0.05, 0.1) is 17.4 Å². The van der Waals surface area contributed by atoms with E-state index < -0.39 is 0 Å². The van der Waals surface area contributed by atoms with Crippen LogP contribution in [0.25, 0.3) is 33.3 Å². The summed E-state index contributed by atoms with van der Waals surface area (Å²) in [4.78, 5) is 9.08. The Labute approximate surface area is 169 Å². The van der Waals surface area contributed by atoms with Crippen molar-refractivity contribution in [3.63, 3.8) is 0 Å². The predicted molar refractivity (Wildman–Crippen MR) is 113 cm³/mol. The summed E-state index contributed by atoms with van der Waals surface area (Å²) in [6.45, 7) is 5.54. The van der Waals surface area contributed by atoms with Crippen LogP contribution in [0.5, 0.6) is 0 Å². The van der Waals surface area contributed by atoms with E-state index in [4.69, 9.17) is 0 Å². The Morgan fingerprint density at radius 1 is 1.17 bits per heavy atom. The Morgan fingerprint density at radius 3 is 2.83 bits per heavy atom. The van der Waals surface area contributed by atoms with Crippen molar-refractivity contribution in [2.45, 2.75) is 26.8 Å². The van der Waals surface area contributed by atoms with Gasteiger partial charge < -0.3 is 0 Å². The molecule has 0 radical (unpaired) electrons. The van der Waals surface area contributed by atoms with Gasteiger partial charge in [-0.1, -0.05) is 32.0 Å². The van der Waals surface area contributed by atoms with Crippen molar-refractivity contribution < 1.29 is 0 Å². The highest BCUT2D eigenvalue weighted by atomic mass is 15.3. The van der Waals surface area contributed by atoms with Crippen LogP contribution in [-0.4, -0.2) is 19.7 Å². The van der Waals surface area contributed by atoms with E-state index in [1.54, 1.807) is 12.3 Å². The molecule has 1 aliphatic carbocycles. The molecule has 1 unspecified atom stereocenters. The first-order chi connectivity index (χ1) is 14.0. The van der Waals surface area contributed by atoms with E-state index in [-0.39, 0.29) is 0 Å². The van der Waals surface area contributed by atoms with Crippen LogP contribution in [-0.2, 0) is 6.54 Å². The van der Waals surface area contributed by atoms with Gasteiger partial charge in [-0.2, -0.15) is 10.4 Å². The third-order valence-electron chi connectivity index (χ3n) is 5.96. The molecule has 0 N–H and O–H groups in total. The molecule has 1 aromatic carbocycles.